The Morgan fingerprint density at radius 1 is 1.00 bits per heavy atom. The van der Waals surface area contributed by atoms with Crippen molar-refractivity contribution in [1.82, 2.24) is 15.1 Å². The third-order valence-electron chi connectivity index (χ3n) is 9.08. The van der Waals surface area contributed by atoms with Crippen molar-refractivity contribution in [3.8, 4) is 0 Å². The summed E-state index contributed by atoms with van der Waals surface area (Å²) in [4.78, 5) is 30.6. The Hall–Kier alpha value is -2.19. The minimum Gasteiger partial charge on any atom is -0.343 e. The lowest BCUT2D eigenvalue weighted by Crippen LogP contribution is -2.74. The Labute approximate surface area is 248 Å². The molecule has 1 unspecified atom stereocenters. The summed E-state index contributed by atoms with van der Waals surface area (Å²) in [5.41, 5.74) is 0.574. The largest absolute Gasteiger partial charge is 0.343 e. The second-order valence-electron chi connectivity index (χ2n) is 11.7. The third kappa shape index (κ3) is 6.33. The fourth-order valence-electron chi connectivity index (χ4n) is 6.92. The molecular weight excluding hydrogens is 550 g/mol. The van der Waals surface area contributed by atoms with Gasteiger partial charge in [-0.05, 0) is 49.1 Å². The monoisotopic (exact) mass is 591 g/mol. The van der Waals surface area contributed by atoms with Gasteiger partial charge in [0.25, 0.3) is 11.8 Å². The molecule has 2 aromatic carbocycles. The zero-order valence-electron chi connectivity index (χ0n) is 23.9. The summed E-state index contributed by atoms with van der Waals surface area (Å²) in [6.45, 7) is 4.80. The van der Waals surface area contributed by atoms with Crippen molar-refractivity contribution in [2.24, 2.45) is 0 Å². The maximum Gasteiger partial charge on any atom is 0.283 e. The third-order valence-corrected chi connectivity index (χ3v) is 9.82. The highest BCUT2D eigenvalue weighted by Gasteiger charge is 2.57. The van der Waals surface area contributed by atoms with Crippen molar-refractivity contribution in [3.05, 3.63) is 69.5 Å². The van der Waals surface area contributed by atoms with E-state index in [0.29, 0.717) is 16.6 Å². The Bertz CT molecular complexity index is 1200. The number of likely N-dealkylation sites (N-methyl/N-ethyl adjacent to an activating group) is 2. The normalized spacial score (nSPS) is 19.1. The average Bonchev–Trinajstić information content (AvgIpc) is 2.96. The molecule has 2 amide bonds. The molecule has 0 saturated carbocycles. The summed E-state index contributed by atoms with van der Waals surface area (Å²) >= 11 is 12.7. The first-order valence-corrected chi connectivity index (χ1v) is 15.1. The summed E-state index contributed by atoms with van der Waals surface area (Å²) in [6, 6.07) is 11.7. The van der Waals surface area contributed by atoms with Crippen molar-refractivity contribution < 1.29 is 18.5 Å². The molecule has 218 valence electrons. The quantitative estimate of drug-likeness (QED) is 0.387. The van der Waals surface area contributed by atoms with Gasteiger partial charge in [0.2, 0.25) is 0 Å². The average molecular weight is 593 g/mol. The molecule has 2 saturated heterocycles. The SMILES string of the molecule is CN(C)C(=O)C1([N+]2(CCC(CN(C)C(=O)c3ccccc3F)c3ccc(Cl)c(Cl)c3)CCCCC2)CCNCC1. The summed E-state index contributed by atoms with van der Waals surface area (Å²) in [5.74, 6) is -0.740. The number of likely N-dealkylation sites (tertiary alicyclic amines) is 1. The number of carbonyl (C=O) groups is 2. The number of amides is 2. The molecule has 1 N–H and O–H groups in total. The lowest BCUT2D eigenvalue weighted by molar-refractivity contribution is -0.972. The predicted octanol–water partition coefficient (Wildman–Crippen LogP) is 5.59. The number of carbonyl (C=O) groups excluding carboxylic acids is 2. The van der Waals surface area contributed by atoms with Crippen LogP contribution in [0.15, 0.2) is 42.5 Å². The molecule has 2 aromatic rings. The van der Waals surface area contributed by atoms with E-state index in [2.05, 4.69) is 5.32 Å². The van der Waals surface area contributed by atoms with Crippen molar-refractivity contribution in [2.75, 3.05) is 60.4 Å². The number of nitrogens with zero attached hydrogens (tertiary/aromatic N) is 3. The zero-order chi connectivity index (χ0) is 28.9. The van der Waals surface area contributed by atoms with Gasteiger partial charge in [0.15, 0.2) is 5.54 Å². The van der Waals surface area contributed by atoms with Crippen LogP contribution in [-0.4, -0.2) is 92.0 Å². The molecule has 2 aliphatic rings. The van der Waals surface area contributed by atoms with Crippen molar-refractivity contribution in [3.63, 3.8) is 0 Å². The van der Waals surface area contributed by atoms with Crippen LogP contribution in [-0.2, 0) is 4.79 Å². The van der Waals surface area contributed by atoms with Crippen molar-refractivity contribution in [2.45, 2.75) is 50.0 Å². The fraction of sp³-hybridized carbons (Fsp3) is 0.548. The first-order valence-electron chi connectivity index (χ1n) is 14.3. The first kappa shape index (κ1) is 30.8. The summed E-state index contributed by atoms with van der Waals surface area (Å²) in [7, 11) is 5.46. The van der Waals surface area contributed by atoms with Crippen LogP contribution >= 0.6 is 23.2 Å². The molecule has 0 radical (unpaired) electrons. The number of quaternary nitrogens is 1. The smallest absolute Gasteiger partial charge is 0.283 e. The van der Waals surface area contributed by atoms with Crippen molar-refractivity contribution in [1.29, 1.82) is 0 Å². The van der Waals surface area contributed by atoms with Gasteiger partial charge in [-0.15, -0.1) is 0 Å². The van der Waals surface area contributed by atoms with Crippen molar-refractivity contribution >= 4 is 35.0 Å². The lowest BCUT2D eigenvalue weighted by atomic mass is 9.79. The number of nitrogens with one attached hydrogen (secondary N) is 1. The zero-order valence-corrected chi connectivity index (χ0v) is 25.4. The second-order valence-corrected chi connectivity index (χ2v) is 12.5. The van der Waals surface area contributed by atoms with E-state index < -0.39 is 11.4 Å². The van der Waals surface area contributed by atoms with Gasteiger partial charge in [0.1, 0.15) is 5.82 Å². The molecule has 2 heterocycles. The second kappa shape index (κ2) is 13.2. The molecule has 9 heteroatoms. The van der Waals surface area contributed by atoms with Gasteiger partial charge in [0.05, 0.1) is 35.2 Å². The maximum atomic E-state index is 14.5. The van der Waals surface area contributed by atoms with Crippen LogP contribution in [0.2, 0.25) is 10.0 Å². The topological polar surface area (TPSA) is 52.7 Å². The standard InChI is InChI=1S/C31H42Cl2FN4O2/c1-36(2)30(40)31(14-16-35-17-15-31)38(18-7-4-8-19-38)20-13-24(23-11-12-26(32)27(33)21-23)22-37(3)29(39)25-9-5-6-10-28(25)34/h5-6,9-12,21,24,35H,4,7-8,13-20,22H2,1-3H3/q+1. The van der Waals surface area contributed by atoms with Gasteiger partial charge in [-0.25, -0.2) is 4.39 Å². The predicted molar refractivity (Wildman–Crippen MR) is 159 cm³/mol. The lowest BCUT2D eigenvalue weighted by Gasteiger charge is -2.56. The minimum absolute atomic E-state index is 0.0580. The number of piperidine rings is 2. The molecule has 1 atom stereocenters. The van der Waals surface area contributed by atoms with Crippen LogP contribution in [0.3, 0.4) is 0 Å². The molecular formula is C31H42Cl2FN4O2+. The Kier molecular flexibility index (Phi) is 10.1. The van der Waals surface area contributed by atoms with E-state index in [1.165, 1.54) is 18.6 Å². The Morgan fingerprint density at radius 3 is 2.30 bits per heavy atom. The molecule has 40 heavy (non-hydrogen) atoms. The van der Waals surface area contributed by atoms with Gasteiger partial charge >= 0.3 is 0 Å². The molecule has 6 nitrogen and oxygen atoms in total. The molecule has 4 rings (SSSR count). The maximum absolute atomic E-state index is 14.5. The van der Waals surface area contributed by atoms with Crippen LogP contribution in [0, 0.1) is 5.82 Å². The number of hydrogen-bond acceptors (Lipinski definition) is 3. The van der Waals surface area contributed by atoms with Crippen LogP contribution in [0.1, 0.15) is 60.4 Å². The van der Waals surface area contributed by atoms with Gasteiger partial charge in [-0.3, -0.25) is 9.59 Å². The molecule has 0 spiro atoms. The Morgan fingerprint density at radius 2 is 1.68 bits per heavy atom. The highest BCUT2D eigenvalue weighted by atomic mass is 35.5. The van der Waals surface area contributed by atoms with Gasteiger partial charge in [-0.1, -0.05) is 41.4 Å². The van der Waals surface area contributed by atoms with Gasteiger partial charge < -0.3 is 19.6 Å². The van der Waals surface area contributed by atoms with Gasteiger partial charge in [0, 0.05) is 66.0 Å². The van der Waals surface area contributed by atoms with E-state index in [4.69, 9.17) is 23.2 Å². The summed E-state index contributed by atoms with van der Waals surface area (Å²) in [5, 5.41) is 4.41. The number of rotatable bonds is 9. The van der Waals surface area contributed by atoms with Crippen LogP contribution in [0.5, 0.6) is 0 Å². The number of halogens is 3. The van der Waals surface area contributed by atoms with Crippen LogP contribution in [0.4, 0.5) is 4.39 Å². The molecule has 0 bridgehead atoms. The number of benzene rings is 2. The van der Waals surface area contributed by atoms with E-state index in [0.717, 1.165) is 74.9 Å². The van der Waals surface area contributed by atoms with Crippen LogP contribution < -0.4 is 5.32 Å². The highest BCUT2D eigenvalue weighted by Crippen LogP contribution is 2.40. The molecule has 2 fully saturated rings. The van der Waals surface area contributed by atoms with E-state index >= 15 is 0 Å². The number of hydrogen-bond donors (Lipinski definition) is 1. The first-order chi connectivity index (χ1) is 19.1. The summed E-state index contributed by atoms with van der Waals surface area (Å²) in [6.07, 6.45) is 5.75. The van der Waals surface area contributed by atoms with E-state index in [9.17, 15) is 14.0 Å². The molecule has 2 aliphatic heterocycles. The van der Waals surface area contributed by atoms with Gasteiger partial charge in [-0.2, -0.15) is 0 Å². The van der Waals surface area contributed by atoms with Crippen LogP contribution in [0.25, 0.3) is 0 Å². The fourth-order valence-corrected chi connectivity index (χ4v) is 7.22. The van der Waals surface area contributed by atoms with E-state index in [1.807, 2.05) is 26.2 Å². The molecule has 0 aliphatic carbocycles. The highest BCUT2D eigenvalue weighted by molar-refractivity contribution is 6.42. The Balaban J connectivity index is 1.66. The summed E-state index contributed by atoms with van der Waals surface area (Å²) < 4.78 is 15.2. The van der Waals surface area contributed by atoms with E-state index in [1.54, 1.807) is 35.0 Å². The minimum atomic E-state index is -0.529. The molecule has 0 aromatic heterocycles. The van der Waals surface area contributed by atoms with E-state index in [-0.39, 0.29) is 23.3 Å².